The third-order valence-corrected chi connectivity index (χ3v) is 2.38. The SMILES string of the molecule is CCCNC(=O)c1ccc(NC(C)=O)cc1Cl. The molecular formula is C12H15ClN2O2. The molecular weight excluding hydrogens is 240 g/mol. The van der Waals surface area contributed by atoms with Crippen LogP contribution in [0.25, 0.3) is 0 Å². The lowest BCUT2D eigenvalue weighted by atomic mass is 10.2. The summed E-state index contributed by atoms with van der Waals surface area (Å²) in [4.78, 5) is 22.5. The third-order valence-electron chi connectivity index (χ3n) is 2.07. The van der Waals surface area contributed by atoms with Crippen LogP contribution in [-0.4, -0.2) is 18.4 Å². The largest absolute Gasteiger partial charge is 0.352 e. The van der Waals surface area contributed by atoms with Gasteiger partial charge in [0.25, 0.3) is 5.91 Å². The van der Waals surface area contributed by atoms with Crippen molar-refractivity contribution in [1.29, 1.82) is 0 Å². The summed E-state index contributed by atoms with van der Waals surface area (Å²) in [6, 6.07) is 4.80. The van der Waals surface area contributed by atoms with E-state index in [1.807, 2.05) is 6.92 Å². The molecule has 17 heavy (non-hydrogen) atoms. The summed E-state index contributed by atoms with van der Waals surface area (Å²) in [5, 5.41) is 5.66. The number of hydrogen-bond acceptors (Lipinski definition) is 2. The Labute approximate surface area is 105 Å². The molecule has 1 aromatic rings. The molecule has 92 valence electrons. The van der Waals surface area contributed by atoms with E-state index >= 15 is 0 Å². The maximum atomic E-state index is 11.7. The molecule has 2 amide bonds. The molecule has 0 aliphatic rings. The number of benzene rings is 1. The van der Waals surface area contributed by atoms with Crippen LogP contribution in [0.5, 0.6) is 0 Å². The minimum atomic E-state index is -0.203. The summed E-state index contributed by atoms with van der Waals surface area (Å²) < 4.78 is 0. The zero-order valence-corrected chi connectivity index (χ0v) is 10.6. The summed E-state index contributed by atoms with van der Waals surface area (Å²) in [6.45, 7) is 4.00. The van der Waals surface area contributed by atoms with Gasteiger partial charge in [0.1, 0.15) is 0 Å². The van der Waals surface area contributed by atoms with Crippen LogP contribution in [-0.2, 0) is 4.79 Å². The van der Waals surface area contributed by atoms with Crippen LogP contribution in [0.15, 0.2) is 18.2 Å². The van der Waals surface area contributed by atoms with E-state index in [1.54, 1.807) is 18.2 Å². The fourth-order valence-corrected chi connectivity index (χ4v) is 1.58. The van der Waals surface area contributed by atoms with Crippen molar-refractivity contribution in [2.75, 3.05) is 11.9 Å². The van der Waals surface area contributed by atoms with E-state index in [4.69, 9.17) is 11.6 Å². The van der Waals surface area contributed by atoms with E-state index in [9.17, 15) is 9.59 Å². The van der Waals surface area contributed by atoms with E-state index in [2.05, 4.69) is 10.6 Å². The Hall–Kier alpha value is -1.55. The van der Waals surface area contributed by atoms with E-state index in [-0.39, 0.29) is 11.8 Å². The van der Waals surface area contributed by atoms with Gasteiger partial charge in [-0.3, -0.25) is 9.59 Å². The van der Waals surface area contributed by atoms with Gasteiger partial charge in [0.2, 0.25) is 5.91 Å². The molecule has 0 aliphatic heterocycles. The number of hydrogen-bond donors (Lipinski definition) is 2. The Balaban J connectivity index is 2.82. The van der Waals surface area contributed by atoms with E-state index < -0.39 is 0 Å². The molecule has 0 atom stereocenters. The van der Waals surface area contributed by atoms with Gasteiger partial charge in [0, 0.05) is 19.2 Å². The highest BCUT2D eigenvalue weighted by molar-refractivity contribution is 6.34. The molecule has 0 spiro atoms. The lowest BCUT2D eigenvalue weighted by molar-refractivity contribution is -0.114. The zero-order chi connectivity index (χ0) is 12.8. The zero-order valence-electron chi connectivity index (χ0n) is 9.84. The topological polar surface area (TPSA) is 58.2 Å². The van der Waals surface area contributed by atoms with Gasteiger partial charge in [-0.05, 0) is 24.6 Å². The number of halogens is 1. The lowest BCUT2D eigenvalue weighted by Crippen LogP contribution is -2.24. The quantitative estimate of drug-likeness (QED) is 0.867. The van der Waals surface area contributed by atoms with E-state index in [1.165, 1.54) is 6.92 Å². The summed E-state index contributed by atoms with van der Waals surface area (Å²) in [5.74, 6) is -0.379. The minimum Gasteiger partial charge on any atom is -0.352 e. The van der Waals surface area contributed by atoms with Crippen molar-refractivity contribution in [1.82, 2.24) is 5.32 Å². The highest BCUT2D eigenvalue weighted by Gasteiger charge is 2.10. The molecule has 1 aromatic carbocycles. The Morgan fingerprint density at radius 1 is 1.35 bits per heavy atom. The summed E-state index contributed by atoms with van der Waals surface area (Å²) in [6.07, 6.45) is 0.868. The maximum Gasteiger partial charge on any atom is 0.252 e. The van der Waals surface area contributed by atoms with Crippen LogP contribution in [0, 0.1) is 0 Å². The Morgan fingerprint density at radius 2 is 2.06 bits per heavy atom. The first-order valence-electron chi connectivity index (χ1n) is 5.40. The van der Waals surface area contributed by atoms with Crippen LogP contribution in [0.1, 0.15) is 30.6 Å². The average Bonchev–Trinajstić information content (AvgIpc) is 2.25. The van der Waals surface area contributed by atoms with Crippen LogP contribution < -0.4 is 10.6 Å². The fraction of sp³-hybridized carbons (Fsp3) is 0.333. The van der Waals surface area contributed by atoms with Gasteiger partial charge < -0.3 is 10.6 Å². The minimum absolute atomic E-state index is 0.177. The van der Waals surface area contributed by atoms with Crippen molar-refractivity contribution in [2.45, 2.75) is 20.3 Å². The highest BCUT2D eigenvalue weighted by atomic mass is 35.5. The molecule has 0 radical (unpaired) electrons. The molecule has 0 saturated heterocycles. The first kappa shape index (κ1) is 13.5. The normalized spacial score (nSPS) is 9.82. The first-order valence-corrected chi connectivity index (χ1v) is 5.77. The highest BCUT2D eigenvalue weighted by Crippen LogP contribution is 2.20. The van der Waals surface area contributed by atoms with Gasteiger partial charge in [-0.2, -0.15) is 0 Å². The number of nitrogens with one attached hydrogen (secondary N) is 2. The summed E-state index contributed by atoms with van der Waals surface area (Å²) >= 11 is 5.97. The molecule has 0 bridgehead atoms. The van der Waals surface area contributed by atoms with Crippen molar-refractivity contribution in [2.24, 2.45) is 0 Å². The summed E-state index contributed by atoms with van der Waals surface area (Å²) in [7, 11) is 0. The molecule has 0 aromatic heterocycles. The molecule has 0 aliphatic carbocycles. The van der Waals surface area contributed by atoms with Gasteiger partial charge in [-0.1, -0.05) is 18.5 Å². The second-order valence-electron chi connectivity index (χ2n) is 3.63. The standard InChI is InChI=1S/C12H15ClN2O2/c1-3-6-14-12(17)10-5-4-9(7-11(10)13)15-8(2)16/h4-5,7H,3,6H2,1-2H3,(H,14,17)(H,15,16). The Kier molecular flexibility index (Phi) is 4.97. The van der Waals surface area contributed by atoms with Gasteiger partial charge >= 0.3 is 0 Å². The molecule has 1 rings (SSSR count). The Bertz CT molecular complexity index is 433. The number of amides is 2. The monoisotopic (exact) mass is 254 g/mol. The van der Waals surface area contributed by atoms with Crippen molar-refractivity contribution in [3.05, 3.63) is 28.8 Å². The van der Waals surface area contributed by atoms with Crippen molar-refractivity contribution in [3.8, 4) is 0 Å². The van der Waals surface area contributed by atoms with Crippen LogP contribution in [0.3, 0.4) is 0 Å². The Morgan fingerprint density at radius 3 is 2.59 bits per heavy atom. The fourth-order valence-electron chi connectivity index (χ4n) is 1.31. The van der Waals surface area contributed by atoms with Gasteiger partial charge in [-0.15, -0.1) is 0 Å². The molecule has 2 N–H and O–H groups in total. The molecule has 5 heteroatoms. The van der Waals surface area contributed by atoms with Gasteiger partial charge in [0.15, 0.2) is 0 Å². The smallest absolute Gasteiger partial charge is 0.252 e. The lowest BCUT2D eigenvalue weighted by Gasteiger charge is -2.08. The number of carbonyl (C=O) groups excluding carboxylic acids is 2. The van der Waals surface area contributed by atoms with E-state index in [0.717, 1.165) is 6.42 Å². The molecule has 4 nitrogen and oxygen atoms in total. The van der Waals surface area contributed by atoms with Gasteiger partial charge in [-0.25, -0.2) is 0 Å². The average molecular weight is 255 g/mol. The predicted molar refractivity (Wildman–Crippen MR) is 68.4 cm³/mol. The van der Waals surface area contributed by atoms with Crippen molar-refractivity contribution >= 4 is 29.1 Å². The molecule has 0 unspecified atom stereocenters. The maximum absolute atomic E-state index is 11.7. The number of anilines is 1. The molecule has 0 saturated carbocycles. The summed E-state index contributed by atoms with van der Waals surface area (Å²) in [5.41, 5.74) is 0.990. The van der Waals surface area contributed by atoms with Crippen molar-refractivity contribution < 1.29 is 9.59 Å². The predicted octanol–water partition coefficient (Wildman–Crippen LogP) is 2.44. The molecule has 0 fully saturated rings. The van der Waals surface area contributed by atoms with Crippen LogP contribution >= 0.6 is 11.6 Å². The van der Waals surface area contributed by atoms with Crippen LogP contribution in [0.2, 0.25) is 5.02 Å². The second-order valence-corrected chi connectivity index (χ2v) is 4.04. The number of rotatable bonds is 4. The first-order chi connectivity index (χ1) is 8.04. The van der Waals surface area contributed by atoms with E-state index in [0.29, 0.717) is 22.8 Å². The molecule has 0 heterocycles. The second kappa shape index (κ2) is 6.25. The number of carbonyl (C=O) groups is 2. The van der Waals surface area contributed by atoms with Crippen molar-refractivity contribution in [3.63, 3.8) is 0 Å². The van der Waals surface area contributed by atoms with Gasteiger partial charge in [0.05, 0.1) is 10.6 Å². The third kappa shape index (κ3) is 4.07. The van der Waals surface area contributed by atoms with Crippen LogP contribution in [0.4, 0.5) is 5.69 Å².